The lowest BCUT2D eigenvalue weighted by atomic mass is 10.0. The maximum Gasteiger partial charge on any atom is 0.254 e. The van der Waals surface area contributed by atoms with Crippen molar-refractivity contribution in [1.29, 1.82) is 0 Å². The first kappa shape index (κ1) is 11.0. The third-order valence-electron chi connectivity index (χ3n) is 2.39. The Labute approximate surface area is 85.6 Å². The Bertz CT molecular complexity index is 342. The van der Waals surface area contributed by atoms with E-state index < -0.39 is 0 Å². The molecule has 0 aliphatic carbocycles. The summed E-state index contributed by atoms with van der Waals surface area (Å²) >= 11 is 0. The van der Waals surface area contributed by atoms with Crippen LogP contribution in [0.3, 0.4) is 0 Å². The van der Waals surface area contributed by atoms with Crippen molar-refractivity contribution < 1.29 is 0 Å². The number of aromatic nitrogens is 1. The molecule has 0 aliphatic rings. The maximum absolute atomic E-state index is 12.0. The van der Waals surface area contributed by atoms with Gasteiger partial charge in [-0.1, -0.05) is 13.8 Å². The van der Waals surface area contributed by atoms with Crippen molar-refractivity contribution in [3.05, 3.63) is 33.7 Å². The second-order valence-corrected chi connectivity index (χ2v) is 4.43. The molecule has 1 heterocycles. The van der Waals surface area contributed by atoms with Crippen LogP contribution in [0, 0.1) is 6.92 Å². The molecule has 0 atom stereocenters. The average Bonchev–Trinajstić information content (AvgIpc) is 2.07. The first-order valence-corrected chi connectivity index (χ1v) is 5.16. The molecule has 1 aromatic heterocycles. The molecule has 0 N–H and O–H groups in total. The van der Waals surface area contributed by atoms with Gasteiger partial charge in [-0.25, -0.2) is 0 Å². The van der Waals surface area contributed by atoms with Crippen molar-refractivity contribution >= 4 is 0 Å². The highest BCUT2D eigenvalue weighted by atomic mass is 16.1. The molecule has 0 saturated heterocycles. The molecule has 0 radical (unpaired) electrons. The largest absolute Gasteiger partial charge is 0.313 e. The smallest absolute Gasteiger partial charge is 0.254 e. The summed E-state index contributed by atoms with van der Waals surface area (Å²) in [4.78, 5) is 12.0. The molecule has 0 bridgehead atoms. The molecule has 2 nitrogen and oxygen atoms in total. The maximum atomic E-state index is 12.0. The van der Waals surface area contributed by atoms with Gasteiger partial charge in [0.15, 0.2) is 0 Å². The summed E-state index contributed by atoms with van der Waals surface area (Å²) in [5.74, 6) is 0.299. The van der Waals surface area contributed by atoms with Gasteiger partial charge in [-0.2, -0.15) is 0 Å². The standard InChI is InChI=1S/C12H19NO/c1-8(2)11-6-10(5)7-13(9(3)4)12(11)14/h6-9H,1-5H3. The van der Waals surface area contributed by atoms with Crippen LogP contribution in [0.15, 0.2) is 17.1 Å². The van der Waals surface area contributed by atoms with E-state index in [1.165, 1.54) is 0 Å². The highest BCUT2D eigenvalue weighted by Gasteiger charge is 2.09. The number of pyridine rings is 1. The van der Waals surface area contributed by atoms with Crippen molar-refractivity contribution in [1.82, 2.24) is 4.57 Å². The van der Waals surface area contributed by atoms with Crippen LogP contribution in [0.25, 0.3) is 0 Å². The SMILES string of the molecule is Cc1cc(C(C)C)c(=O)n(C(C)C)c1. The van der Waals surface area contributed by atoms with Gasteiger partial charge in [0.2, 0.25) is 0 Å². The molecule has 78 valence electrons. The van der Waals surface area contributed by atoms with E-state index >= 15 is 0 Å². The lowest BCUT2D eigenvalue weighted by Crippen LogP contribution is -2.25. The highest BCUT2D eigenvalue weighted by Crippen LogP contribution is 2.12. The second-order valence-electron chi connectivity index (χ2n) is 4.43. The Morgan fingerprint density at radius 1 is 1.21 bits per heavy atom. The molecule has 2 heteroatoms. The number of aryl methyl sites for hydroxylation is 1. The van der Waals surface area contributed by atoms with Gasteiger partial charge in [0.05, 0.1) is 0 Å². The third kappa shape index (κ3) is 2.06. The van der Waals surface area contributed by atoms with Crippen molar-refractivity contribution in [2.24, 2.45) is 0 Å². The van der Waals surface area contributed by atoms with Crippen LogP contribution < -0.4 is 5.56 Å². The van der Waals surface area contributed by atoms with Crippen LogP contribution in [0.1, 0.15) is 50.8 Å². The van der Waals surface area contributed by atoms with E-state index in [0.717, 1.165) is 11.1 Å². The normalized spacial score (nSPS) is 11.4. The van der Waals surface area contributed by atoms with Crippen LogP contribution in [0.4, 0.5) is 0 Å². The van der Waals surface area contributed by atoms with Gasteiger partial charge in [-0.05, 0) is 38.3 Å². The first-order chi connectivity index (χ1) is 6.43. The van der Waals surface area contributed by atoms with E-state index in [-0.39, 0.29) is 11.6 Å². The number of hydrogen-bond donors (Lipinski definition) is 0. The Hall–Kier alpha value is -1.05. The lowest BCUT2D eigenvalue weighted by Gasteiger charge is -2.14. The van der Waals surface area contributed by atoms with Crippen LogP contribution >= 0.6 is 0 Å². The van der Waals surface area contributed by atoms with E-state index in [2.05, 4.69) is 13.8 Å². The minimum Gasteiger partial charge on any atom is -0.313 e. The van der Waals surface area contributed by atoms with Gasteiger partial charge in [-0.15, -0.1) is 0 Å². The highest BCUT2D eigenvalue weighted by molar-refractivity contribution is 5.21. The quantitative estimate of drug-likeness (QED) is 0.708. The zero-order valence-corrected chi connectivity index (χ0v) is 9.66. The van der Waals surface area contributed by atoms with Gasteiger partial charge < -0.3 is 4.57 Å². The molecule has 0 aromatic carbocycles. The summed E-state index contributed by atoms with van der Waals surface area (Å²) in [6.07, 6.45) is 1.93. The molecule has 0 saturated carbocycles. The summed E-state index contributed by atoms with van der Waals surface area (Å²) in [6.45, 7) is 10.2. The van der Waals surface area contributed by atoms with E-state index in [4.69, 9.17) is 0 Å². The van der Waals surface area contributed by atoms with Crippen molar-refractivity contribution in [2.45, 2.75) is 46.6 Å². The predicted molar refractivity (Wildman–Crippen MR) is 59.9 cm³/mol. The molecule has 0 aliphatic heterocycles. The molecule has 0 amide bonds. The molecular formula is C12H19NO. The molecule has 0 unspecified atom stereocenters. The van der Waals surface area contributed by atoms with Crippen LogP contribution in [0.2, 0.25) is 0 Å². The lowest BCUT2D eigenvalue weighted by molar-refractivity contribution is 0.567. The van der Waals surface area contributed by atoms with E-state index in [1.54, 1.807) is 0 Å². The van der Waals surface area contributed by atoms with Crippen LogP contribution in [-0.2, 0) is 0 Å². The first-order valence-electron chi connectivity index (χ1n) is 5.16. The van der Waals surface area contributed by atoms with Gasteiger partial charge >= 0.3 is 0 Å². The van der Waals surface area contributed by atoms with E-state index in [9.17, 15) is 4.79 Å². The zero-order chi connectivity index (χ0) is 10.9. The van der Waals surface area contributed by atoms with Crippen molar-refractivity contribution in [3.63, 3.8) is 0 Å². The fourth-order valence-corrected chi connectivity index (χ4v) is 1.57. The second kappa shape index (κ2) is 3.99. The van der Waals surface area contributed by atoms with E-state index in [1.807, 2.05) is 37.6 Å². The Morgan fingerprint density at radius 3 is 2.21 bits per heavy atom. The number of nitrogens with zero attached hydrogens (tertiary/aromatic N) is 1. The fourth-order valence-electron chi connectivity index (χ4n) is 1.57. The molecule has 0 fully saturated rings. The summed E-state index contributed by atoms with van der Waals surface area (Å²) in [5, 5.41) is 0. The molecule has 14 heavy (non-hydrogen) atoms. The Kier molecular flexibility index (Phi) is 3.14. The summed E-state index contributed by atoms with van der Waals surface area (Å²) in [5.41, 5.74) is 2.22. The van der Waals surface area contributed by atoms with Crippen molar-refractivity contribution in [2.75, 3.05) is 0 Å². The van der Waals surface area contributed by atoms with Gasteiger partial charge in [-0.3, -0.25) is 4.79 Å². The van der Waals surface area contributed by atoms with Crippen molar-refractivity contribution in [3.8, 4) is 0 Å². The Morgan fingerprint density at radius 2 is 1.79 bits per heavy atom. The van der Waals surface area contributed by atoms with E-state index in [0.29, 0.717) is 5.92 Å². The average molecular weight is 193 g/mol. The minimum atomic E-state index is 0.153. The van der Waals surface area contributed by atoms with Crippen LogP contribution in [-0.4, -0.2) is 4.57 Å². The van der Waals surface area contributed by atoms with Gasteiger partial charge in [0, 0.05) is 17.8 Å². The number of hydrogen-bond acceptors (Lipinski definition) is 1. The molecule has 1 rings (SSSR count). The zero-order valence-electron chi connectivity index (χ0n) is 9.66. The molecular weight excluding hydrogens is 174 g/mol. The minimum absolute atomic E-state index is 0.153. The third-order valence-corrected chi connectivity index (χ3v) is 2.39. The summed E-state index contributed by atoms with van der Waals surface area (Å²) in [6, 6.07) is 2.23. The summed E-state index contributed by atoms with van der Waals surface area (Å²) < 4.78 is 1.81. The molecule has 1 aromatic rings. The van der Waals surface area contributed by atoms with Gasteiger partial charge in [0.25, 0.3) is 5.56 Å². The topological polar surface area (TPSA) is 22.0 Å². The number of rotatable bonds is 2. The van der Waals surface area contributed by atoms with Gasteiger partial charge in [0.1, 0.15) is 0 Å². The fraction of sp³-hybridized carbons (Fsp3) is 0.583. The van der Waals surface area contributed by atoms with Crippen LogP contribution in [0.5, 0.6) is 0 Å². The monoisotopic (exact) mass is 193 g/mol. The summed E-state index contributed by atoms with van der Waals surface area (Å²) in [7, 11) is 0. The Balaban J connectivity index is 3.40. The predicted octanol–water partition coefficient (Wildman–Crippen LogP) is 2.86. The molecule has 0 spiro atoms.